The summed E-state index contributed by atoms with van der Waals surface area (Å²) in [5.41, 5.74) is 6.58. The Kier molecular flexibility index (Phi) is 11.2. The molecule has 220 valence electrons. The third kappa shape index (κ3) is 9.26. The van der Waals surface area contributed by atoms with Crippen LogP contribution in [0, 0.1) is 11.8 Å². The Morgan fingerprint density at radius 1 is 1.23 bits per heavy atom. The van der Waals surface area contributed by atoms with Crippen molar-refractivity contribution >= 4 is 6.03 Å². The van der Waals surface area contributed by atoms with E-state index in [0.717, 1.165) is 37.9 Å². The van der Waals surface area contributed by atoms with Gasteiger partial charge in [0.1, 0.15) is 18.6 Å². The summed E-state index contributed by atoms with van der Waals surface area (Å²) in [6, 6.07) is 0.0608. The van der Waals surface area contributed by atoms with Crippen LogP contribution in [0.2, 0.25) is 0 Å². The molecule has 1 fully saturated rings. The third-order valence-corrected chi connectivity index (χ3v) is 8.21. The molecule has 0 saturated carbocycles. The first-order chi connectivity index (χ1) is 18.8. The van der Waals surface area contributed by atoms with Crippen LogP contribution in [0.5, 0.6) is 0 Å². The average Bonchev–Trinajstić information content (AvgIpc) is 3.41. The van der Waals surface area contributed by atoms with Crippen LogP contribution in [0.15, 0.2) is 35.8 Å². The van der Waals surface area contributed by atoms with E-state index in [0.29, 0.717) is 44.3 Å². The van der Waals surface area contributed by atoms with E-state index >= 15 is 0 Å². The van der Waals surface area contributed by atoms with Gasteiger partial charge in [0.05, 0.1) is 12.2 Å². The first kappa shape index (κ1) is 30.0. The van der Waals surface area contributed by atoms with Gasteiger partial charge < -0.3 is 42.0 Å². The Bertz CT molecular complexity index is 899. The van der Waals surface area contributed by atoms with Crippen LogP contribution in [-0.2, 0) is 4.74 Å². The first-order valence-electron chi connectivity index (χ1n) is 14.6. The molecule has 0 radical (unpaired) electrons. The molecular formula is C28H47FN6O4. The maximum Gasteiger partial charge on any atom is 0.323 e. The highest BCUT2D eigenvalue weighted by Crippen LogP contribution is 2.27. The normalized spacial score (nSPS) is 34.4. The van der Waals surface area contributed by atoms with Crippen LogP contribution >= 0.6 is 0 Å². The fourth-order valence-electron chi connectivity index (χ4n) is 5.92. The lowest BCUT2D eigenvalue weighted by Crippen LogP contribution is -2.47. The number of hydrogen-bond donors (Lipinski definition) is 8. The minimum Gasteiger partial charge on any atom is -0.387 e. The standard InChI is InChI=1S/C28H47FN6O4/c1-17-4-9-22(29)23(13-17)35-28(38)34-19-5-7-20(8-6-19)39-21-10-12-31-25(15-21)24-14-18(16-33-24)27(37)32-11-2-3-26(30)36/h5,10,12-13,17-18,20-22,24-27,31-33,36-37H,2-4,6-9,11,14-16,30H2,1H3,(H2,34,35,38)/t17-,18-,20-,21?,22+,24-,25+,26+,27-/m1/s1. The predicted molar refractivity (Wildman–Crippen MR) is 148 cm³/mol. The summed E-state index contributed by atoms with van der Waals surface area (Å²) in [4.78, 5) is 12.4. The lowest BCUT2D eigenvalue weighted by atomic mass is 9.93. The zero-order chi connectivity index (χ0) is 27.8. The summed E-state index contributed by atoms with van der Waals surface area (Å²) in [6.45, 7) is 3.38. The van der Waals surface area contributed by atoms with Gasteiger partial charge in [-0.1, -0.05) is 19.1 Å². The molecule has 9 atom stereocenters. The third-order valence-electron chi connectivity index (χ3n) is 8.21. The number of allylic oxidation sites excluding steroid dienone is 3. The van der Waals surface area contributed by atoms with E-state index in [2.05, 4.69) is 32.7 Å². The Labute approximate surface area is 231 Å². The van der Waals surface area contributed by atoms with Gasteiger partial charge in [-0.3, -0.25) is 5.32 Å². The molecule has 10 nitrogen and oxygen atoms in total. The van der Waals surface area contributed by atoms with Crippen molar-refractivity contribution in [3.05, 3.63) is 35.8 Å². The van der Waals surface area contributed by atoms with Gasteiger partial charge in [-0.25, -0.2) is 9.18 Å². The SMILES string of the molecule is C[C@H]1C=C(NC(=O)NC2=CC[C@@H](OC3C=CN[C@H]([C@H]4C[C@@H]([C@@H](O)NCCC[C@@H](N)O)CN4)C3)CC2)[C@@H](F)CC1. The van der Waals surface area contributed by atoms with E-state index in [9.17, 15) is 14.3 Å². The number of carbonyl (C=O) groups excluding carboxylic acids is 1. The van der Waals surface area contributed by atoms with Gasteiger partial charge in [-0.15, -0.1) is 0 Å². The molecule has 1 saturated heterocycles. The molecule has 11 heteroatoms. The second kappa shape index (κ2) is 14.6. The molecular weight excluding hydrogens is 503 g/mol. The van der Waals surface area contributed by atoms with Crippen LogP contribution < -0.4 is 32.3 Å². The van der Waals surface area contributed by atoms with Crippen molar-refractivity contribution in [2.75, 3.05) is 13.1 Å². The molecule has 9 N–H and O–H groups in total. The molecule has 2 aliphatic carbocycles. The van der Waals surface area contributed by atoms with Crippen molar-refractivity contribution in [2.45, 2.75) is 108 Å². The molecule has 0 spiro atoms. The maximum absolute atomic E-state index is 14.1. The smallest absolute Gasteiger partial charge is 0.323 e. The van der Waals surface area contributed by atoms with E-state index in [1.165, 1.54) is 0 Å². The highest BCUT2D eigenvalue weighted by Gasteiger charge is 2.36. The number of urea groups is 1. The topological polar surface area (TPSA) is 153 Å². The van der Waals surface area contributed by atoms with Crippen LogP contribution in [-0.4, -0.2) is 72.3 Å². The molecule has 2 heterocycles. The number of amides is 2. The lowest BCUT2D eigenvalue weighted by molar-refractivity contribution is -0.00489. The molecule has 2 amide bonds. The summed E-state index contributed by atoms with van der Waals surface area (Å²) < 4.78 is 20.5. The van der Waals surface area contributed by atoms with Gasteiger partial charge in [0.25, 0.3) is 0 Å². The maximum atomic E-state index is 14.1. The Balaban J connectivity index is 1.16. The van der Waals surface area contributed by atoms with Crippen molar-refractivity contribution in [3.8, 4) is 0 Å². The van der Waals surface area contributed by atoms with Crippen LogP contribution in [0.25, 0.3) is 0 Å². The number of ether oxygens (including phenoxy) is 1. The Hall–Kier alpha value is -2.02. The number of hydrogen-bond acceptors (Lipinski definition) is 8. The lowest BCUT2D eigenvalue weighted by Gasteiger charge is -2.33. The van der Waals surface area contributed by atoms with Crippen LogP contribution in [0.4, 0.5) is 9.18 Å². The summed E-state index contributed by atoms with van der Waals surface area (Å²) in [7, 11) is 0. The molecule has 4 aliphatic rings. The molecule has 0 aromatic heterocycles. The highest BCUT2D eigenvalue weighted by atomic mass is 19.1. The van der Waals surface area contributed by atoms with Crippen LogP contribution in [0.1, 0.15) is 64.7 Å². The zero-order valence-corrected chi connectivity index (χ0v) is 22.9. The second-order valence-corrected chi connectivity index (χ2v) is 11.5. The van der Waals surface area contributed by atoms with Gasteiger partial charge in [-0.2, -0.15) is 0 Å². The quantitative estimate of drug-likeness (QED) is 0.143. The molecule has 0 aromatic carbocycles. The number of halogens is 1. The van der Waals surface area contributed by atoms with Gasteiger partial charge >= 0.3 is 6.03 Å². The van der Waals surface area contributed by atoms with Gasteiger partial charge in [-0.05, 0) is 82.5 Å². The number of alkyl halides is 1. The number of nitrogens with one attached hydrogen (secondary N) is 5. The number of carbonyl (C=O) groups is 1. The summed E-state index contributed by atoms with van der Waals surface area (Å²) in [5.74, 6) is 0.385. The predicted octanol–water partition coefficient (Wildman–Crippen LogP) is 1.58. The van der Waals surface area contributed by atoms with E-state index in [1.54, 1.807) is 0 Å². The van der Waals surface area contributed by atoms with Crippen molar-refractivity contribution < 1.29 is 24.1 Å². The molecule has 1 unspecified atom stereocenters. The summed E-state index contributed by atoms with van der Waals surface area (Å²) >= 11 is 0. The first-order valence-corrected chi connectivity index (χ1v) is 14.6. The van der Waals surface area contributed by atoms with E-state index in [4.69, 9.17) is 15.6 Å². The van der Waals surface area contributed by atoms with Crippen molar-refractivity contribution in [1.29, 1.82) is 0 Å². The fraction of sp³-hybridized carbons (Fsp3) is 0.750. The fourth-order valence-corrected chi connectivity index (χ4v) is 5.92. The number of aliphatic hydroxyl groups excluding tert-OH is 2. The number of rotatable bonds is 11. The average molecular weight is 551 g/mol. The van der Waals surface area contributed by atoms with Crippen molar-refractivity contribution in [3.63, 3.8) is 0 Å². The largest absolute Gasteiger partial charge is 0.387 e. The monoisotopic (exact) mass is 550 g/mol. The van der Waals surface area contributed by atoms with Crippen molar-refractivity contribution in [2.24, 2.45) is 17.6 Å². The number of nitrogens with two attached hydrogens (primary N) is 1. The van der Waals surface area contributed by atoms with Gasteiger partial charge in [0.15, 0.2) is 0 Å². The molecule has 0 bridgehead atoms. The Morgan fingerprint density at radius 3 is 2.85 bits per heavy atom. The van der Waals surface area contributed by atoms with E-state index in [1.807, 2.05) is 25.3 Å². The number of aliphatic hydroxyl groups is 2. The molecule has 4 rings (SSSR count). The molecule has 39 heavy (non-hydrogen) atoms. The minimum absolute atomic E-state index is 0.000706. The van der Waals surface area contributed by atoms with Gasteiger partial charge in [0, 0.05) is 35.9 Å². The van der Waals surface area contributed by atoms with E-state index in [-0.39, 0.29) is 42.2 Å². The minimum atomic E-state index is -1.11. The summed E-state index contributed by atoms with van der Waals surface area (Å²) in [5, 5.41) is 35.4. The second-order valence-electron chi connectivity index (χ2n) is 11.5. The Morgan fingerprint density at radius 2 is 2.08 bits per heavy atom. The van der Waals surface area contributed by atoms with Crippen molar-refractivity contribution in [1.82, 2.24) is 26.6 Å². The summed E-state index contributed by atoms with van der Waals surface area (Å²) in [6.07, 6.45) is 11.8. The zero-order valence-electron chi connectivity index (χ0n) is 22.9. The molecule has 0 aromatic rings. The molecule has 2 aliphatic heterocycles. The highest BCUT2D eigenvalue weighted by molar-refractivity contribution is 5.77. The van der Waals surface area contributed by atoms with Crippen LogP contribution in [0.3, 0.4) is 0 Å². The van der Waals surface area contributed by atoms with Gasteiger partial charge in [0.2, 0.25) is 0 Å². The van der Waals surface area contributed by atoms with E-state index < -0.39 is 18.6 Å².